The van der Waals surface area contributed by atoms with Crippen molar-refractivity contribution in [2.45, 2.75) is 0 Å². The van der Waals surface area contributed by atoms with Crippen LogP contribution in [0.5, 0.6) is 0 Å². The van der Waals surface area contributed by atoms with E-state index in [0.717, 1.165) is 33.1 Å². The standard InChI is InChI=1S/C17H11NO/c1-2-8-15-12(5-1)11-13-6-3-7-14(17(13)18-15)16-9-4-10-19-16/h1-11H. The Kier molecular flexibility index (Phi) is 2.15. The molecule has 0 aliphatic rings. The highest BCUT2D eigenvalue weighted by atomic mass is 16.3. The maximum Gasteiger partial charge on any atom is 0.136 e. The van der Waals surface area contributed by atoms with E-state index in [-0.39, 0.29) is 0 Å². The molecule has 2 aromatic heterocycles. The minimum Gasteiger partial charge on any atom is -0.464 e. The fraction of sp³-hybridized carbons (Fsp3) is 0. The van der Waals surface area contributed by atoms with Gasteiger partial charge in [-0.05, 0) is 30.3 Å². The molecule has 0 saturated carbocycles. The van der Waals surface area contributed by atoms with E-state index < -0.39 is 0 Å². The molecule has 90 valence electrons. The van der Waals surface area contributed by atoms with Gasteiger partial charge in [-0.2, -0.15) is 0 Å². The van der Waals surface area contributed by atoms with Gasteiger partial charge in [0.05, 0.1) is 17.3 Å². The summed E-state index contributed by atoms with van der Waals surface area (Å²) in [6.45, 7) is 0. The Morgan fingerprint density at radius 2 is 1.68 bits per heavy atom. The zero-order valence-electron chi connectivity index (χ0n) is 10.2. The monoisotopic (exact) mass is 245 g/mol. The van der Waals surface area contributed by atoms with Crippen LogP contribution in [0.25, 0.3) is 33.1 Å². The van der Waals surface area contributed by atoms with Gasteiger partial charge in [0.2, 0.25) is 0 Å². The van der Waals surface area contributed by atoms with Crippen LogP contribution in [0.4, 0.5) is 0 Å². The fourth-order valence-corrected chi connectivity index (χ4v) is 2.43. The highest BCUT2D eigenvalue weighted by molar-refractivity contribution is 5.99. The average molecular weight is 245 g/mol. The van der Waals surface area contributed by atoms with Crippen LogP contribution in [0.1, 0.15) is 0 Å². The second kappa shape index (κ2) is 3.95. The topological polar surface area (TPSA) is 26.0 Å². The first-order valence-electron chi connectivity index (χ1n) is 6.24. The molecule has 0 radical (unpaired) electrons. The van der Waals surface area contributed by atoms with Crippen LogP contribution >= 0.6 is 0 Å². The Labute approximate surface area is 110 Å². The van der Waals surface area contributed by atoms with Gasteiger partial charge in [0.25, 0.3) is 0 Å². The summed E-state index contributed by atoms with van der Waals surface area (Å²) in [5.41, 5.74) is 3.03. The average Bonchev–Trinajstić information content (AvgIpc) is 2.98. The number of fused-ring (bicyclic) bond motifs is 2. The van der Waals surface area contributed by atoms with E-state index in [1.165, 1.54) is 0 Å². The molecule has 0 saturated heterocycles. The Bertz CT molecular complexity index is 863. The lowest BCUT2D eigenvalue weighted by molar-refractivity contribution is 0.583. The molecule has 0 atom stereocenters. The van der Waals surface area contributed by atoms with Gasteiger partial charge >= 0.3 is 0 Å². The smallest absolute Gasteiger partial charge is 0.136 e. The van der Waals surface area contributed by atoms with Crippen molar-refractivity contribution >= 4 is 21.8 Å². The predicted octanol–water partition coefficient (Wildman–Crippen LogP) is 4.65. The van der Waals surface area contributed by atoms with E-state index in [9.17, 15) is 0 Å². The first-order chi connectivity index (χ1) is 9.42. The van der Waals surface area contributed by atoms with Crippen LogP contribution in [-0.4, -0.2) is 4.98 Å². The molecule has 2 aromatic carbocycles. The number of rotatable bonds is 1. The van der Waals surface area contributed by atoms with Gasteiger partial charge in [-0.1, -0.05) is 30.3 Å². The van der Waals surface area contributed by atoms with Crippen molar-refractivity contribution in [2.75, 3.05) is 0 Å². The highest BCUT2D eigenvalue weighted by Gasteiger charge is 2.08. The molecule has 0 fully saturated rings. The largest absolute Gasteiger partial charge is 0.464 e. The molecular weight excluding hydrogens is 234 g/mol. The molecule has 0 aliphatic carbocycles. The van der Waals surface area contributed by atoms with Crippen molar-refractivity contribution in [3.8, 4) is 11.3 Å². The molecule has 19 heavy (non-hydrogen) atoms. The summed E-state index contributed by atoms with van der Waals surface area (Å²) >= 11 is 0. The Hall–Kier alpha value is -2.61. The van der Waals surface area contributed by atoms with Crippen molar-refractivity contribution in [3.05, 3.63) is 66.9 Å². The Morgan fingerprint density at radius 1 is 0.789 bits per heavy atom. The zero-order chi connectivity index (χ0) is 12.7. The van der Waals surface area contributed by atoms with Crippen LogP contribution in [0, 0.1) is 0 Å². The summed E-state index contributed by atoms with van der Waals surface area (Å²) in [4.78, 5) is 4.77. The van der Waals surface area contributed by atoms with Crippen molar-refractivity contribution in [2.24, 2.45) is 0 Å². The van der Waals surface area contributed by atoms with Crippen molar-refractivity contribution in [3.63, 3.8) is 0 Å². The lowest BCUT2D eigenvalue weighted by Gasteiger charge is -2.05. The molecule has 2 heteroatoms. The molecule has 4 aromatic rings. The summed E-state index contributed by atoms with van der Waals surface area (Å²) in [6.07, 6.45) is 1.69. The van der Waals surface area contributed by atoms with E-state index in [2.05, 4.69) is 18.2 Å². The van der Waals surface area contributed by atoms with E-state index in [0.29, 0.717) is 0 Å². The Balaban J connectivity index is 2.12. The SMILES string of the molecule is c1coc(-c2cccc3cc4ccccc4nc23)c1. The third kappa shape index (κ3) is 1.61. The number of benzene rings is 2. The van der Waals surface area contributed by atoms with Crippen molar-refractivity contribution in [1.82, 2.24) is 4.98 Å². The maximum atomic E-state index is 5.50. The van der Waals surface area contributed by atoms with E-state index >= 15 is 0 Å². The molecule has 0 unspecified atom stereocenters. The number of pyridine rings is 1. The molecule has 0 aliphatic heterocycles. The minimum atomic E-state index is 0.855. The Morgan fingerprint density at radius 3 is 2.58 bits per heavy atom. The molecule has 0 N–H and O–H groups in total. The summed E-state index contributed by atoms with van der Waals surface area (Å²) in [7, 11) is 0. The van der Waals surface area contributed by atoms with Crippen molar-refractivity contribution in [1.29, 1.82) is 0 Å². The number of hydrogen-bond acceptors (Lipinski definition) is 2. The summed E-state index contributed by atoms with van der Waals surface area (Å²) < 4.78 is 5.50. The lowest BCUT2D eigenvalue weighted by Crippen LogP contribution is -1.85. The van der Waals surface area contributed by atoms with Crippen molar-refractivity contribution < 1.29 is 4.42 Å². The maximum absolute atomic E-state index is 5.50. The molecule has 2 heterocycles. The molecule has 0 bridgehead atoms. The van der Waals surface area contributed by atoms with Crippen LogP contribution in [0.2, 0.25) is 0 Å². The molecular formula is C17H11NO. The first kappa shape index (κ1) is 10.3. The normalized spacial score (nSPS) is 11.2. The molecule has 0 amide bonds. The first-order valence-corrected chi connectivity index (χ1v) is 6.24. The van der Waals surface area contributed by atoms with E-state index in [1.54, 1.807) is 6.26 Å². The number of nitrogens with zero attached hydrogens (tertiary/aromatic N) is 1. The number of hydrogen-bond donors (Lipinski definition) is 0. The second-order valence-corrected chi connectivity index (χ2v) is 4.54. The fourth-order valence-electron chi connectivity index (χ4n) is 2.43. The molecule has 2 nitrogen and oxygen atoms in total. The molecule has 4 rings (SSSR count). The third-order valence-corrected chi connectivity index (χ3v) is 3.33. The quantitative estimate of drug-likeness (QED) is 0.456. The van der Waals surface area contributed by atoms with Gasteiger partial charge in [0.1, 0.15) is 5.76 Å². The van der Waals surface area contributed by atoms with E-state index in [1.807, 2.05) is 42.5 Å². The van der Waals surface area contributed by atoms with Gasteiger partial charge in [-0.25, -0.2) is 4.98 Å². The summed E-state index contributed by atoms with van der Waals surface area (Å²) in [5.74, 6) is 0.855. The summed E-state index contributed by atoms with van der Waals surface area (Å²) in [5, 5.41) is 2.29. The number of furan rings is 1. The predicted molar refractivity (Wildman–Crippen MR) is 77.0 cm³/mol. The highest BCUT2D eigenvalue weighted by Crippen LogP contribution is 2.29. The second-order valence-electron chi connectivity index (χ2n) is 4.54. The minimum absolute atomic E-state index is 0.855. The van der Waals surface area contributed by atoms with Gasteiger partial charge in [-0.15, -0.1) is 0 Å². The summed E-state index contributed by atoms with van der Waals surface area (Å²) in [6, 6.07) is 20.4. The van der Waals surface area contributed by atoms with Gasteiger partial charge in [-0.3, -0.25) is 0 Å². The van der Waals surface area contributed by atoms with Gasteiger partial charge < -0.3 is 4.42 Å². The van der Waals surface area contributed by atoms with Gasteiger partial charge in [0.15, 0.2) is 0 Å². The van der Waals surface area contributed by atoms with Crippen LogP contribution < -0.4 is 0 Å². The number of para-hydroxylation sites is 2. The number of aromatic nitrogens is 1. The van der Waals surface area contributed by atoms with Crippen LogP contribution in [0.3, 0.4) is 0 Å². The van der Waals surface area contributed by atoms with Crippen LogP contribution in [0.15, 0.2) is 71.3 Å². The molecule has 0 spiro atoms. The van der Waals surface area contributed by atoms with E-state index in [4.69, 9.17) is 9.40 Å². The van der Waals surface area contributed by atoms with Gasteiger partial charge in [0, 0.05) is 16.3 Å². The zero-order valence-corrected chi connectivity index (χ0v) is 10.2. The van der Waals surface area contributed by atoms with Crippen LogP contribution in [-0.2, 0) is 0 Å². The lowest BCUT2D eigenvalue weighted by atomic mass is 10.1. The third-order valence-electron chi connectivity index (χ3n) is 3.33.